The molecule has 14 heavy (non-hydrogen) atoms. The molecule has 3 heteroatoms. The zero-order chi connectivity index (χ0) is 10.6. The van der Waals surface area contributed by atoms with Crippen molar-refractivity contribution < 1.29 is 9.88 Å². The van der Waals surface area contributed by atoms with Gasteiger partial charge in [0, 0.05) is 13.1 Å². The van der Waals surface area contributed by atoms with Gasteiger partial charge in [0.1, 0.15) is 0 Å². The second kappa shape index (κ2) is 11.0. The van der Waals surface area contributed by atoms with Gasteiger partial charge in [-0.25, -0.2) is 4.89 Å². The lowest BCUT2D eigenvalue weighted by Crippen LogP contribution is -2.26. The molecule has 0 spiro atoms. The summed E-state index contributed by atoms with van der Waals surface area (Å²) in [4.78, 5) is 10.3. The molecule has 0 atom stereocenters. The van der Waals surface area contributed by atoms with E-state index in [4.69, 9.17) is 9.88 Å². The number of hydroxylamine groups is 2. The Hall–Kier alpha value is -0.120. The monoisotopic (exact) mass is 203 g/mol. The summed E-state index contributed by atoms with van der Waals surface area (Å²) in [5.41, 5.74) is 0. The molecular formula is C11H25NO2. The van der Waals surface area contributed by atoms with Crippen molar-refractivity contribution in [3.63, 3.8) is 0 Å². The average Bonchev–Trinajstić information content (AvgIpc) is 2.21. The Morgan fingerprint density at radius 3 is 1.86 bits per heavy atom. The van der Waals surface area contributed by atoms with E-state index >= 15 is 0 Å². The largest absolute Gasteiger partial charge is 0.218 e. The van der Waals surface area contributed by atoms with Crippen molar-refractivity contribution in [1.29, 1.82) is 0 Å². The van der Waals surface area contributed by atoms with Gasteiger partial charge >= 0.3 is 0 Å². The molecule has 0 aliphatic heterocycles. The number of hydrogen-bond donors (Lipinski definition) is 0. The van der Waals surface area contributed by atoms with Crippen LogP contribution in [0.2, 0.25) is 0 Å². The Morgan fingerprint density at radius 2 is 1.43 bits per heavy atom. The van der Waals surface area contributed by atoms with Gasteiger partial charge in [-0.05, 0) is 19.3 Å². The van der Waals surface area contributed by atoms with Crippen LogP contribution in [-0.2, 0) is 9.88 Å². The SMILES string of the molecule is CCCCN(CCCC)OOCCC. The third kappa shape index (κ3) is 8.48. The summed E-state index contributed by atoms with van der Waals surface area (Å²) in [5.74, 6) is 0. The highest BCUT2D eigenvalue weighted by atomic mass is 17.3. The van der Waals surface area contributed by atoms with Crippen LogP contribution in [0.4, 0.5) is 0 Å². The highest BCUT2D eigenvalue weighted by molar-refractivity contribution is 4.45. The third-order valence-electron chi connectivity index (χ3n) is 1.97. The molecule has 0 fully saturated rings. The Bertz CT molecular complexity index is 101. The Balaban J connectivity index is 3.49. The molecule has 0 heterocycles. The molecular weight excluding hydrogens is 178 g/mol. The maximum atomic E-state index is 5.22. The van der Waals surface area contributed by atoms with Crippen LogP contribution in [0.25, 0.3) is 0 Å². The van der Waals surface area contributed by atoms with E-state index in [0.29, 0.717) is 6.61 Å². The van der Waals surface area contributed by atoms with Gasteiger partial charge in [-0.3, -0.25) is 0 Å². The minimum absolute atomic E-state index is 0.675. The summed E-state index contributed by atoms with van der Waals surface area (Å²) < 4.78 is 0. The minimum atomic E-state index is 0.675. The van der Waals surface area contributed by atoms with Crippen LogP contribution >= 0.6 is 0 Å². The van der Waals surface area contributed by atoms with Crippen molar-refractivity contribution in [3.8, 4) is 0 Å². The maximum Gasteiger partial charge on any atom is 0.0839 e. The van der Waals surface area contributed by atoms with Gasteiger partial charge in [-0.1, -0.05) is 33.6 Å². The first-order valence-electron chi connectivity index (χ1n) is 5.89. The van der Waals surface area contributed by atoms with Crippen LogP contribution in [0.1, 0.15) is 52.9 Å². The fraction of sp³-hybridized carbons (Fsp3) is 1.00. The summed E-state index contributed by atoms with van der Waals surface area (Å²) in [6.45, 7) is 9.07. The first kappa shape index (κ1) is 13.9. The second-order valence-electron chi connectivity index (χ2n) is 3.53. The van der Waals surface area contributed by atoms with Crippen LogP contribution in [0.3, 0.4) is 0 Å². The van der Waals surface area contributed by atoms with E-state index in [2.05, 4.69) is 20.8 Å². The van der Waals surface area contributed by atoms with Gasteiger partial charge in [0.05, 0.1) is 6.61 Å². The Kier molecular flexibility index (Phi) is 10.9. The highest BCUT2D eigenvalue weighted by Gasteiger charge is 2.04. The van der Waals surface area contributed by atoms with Gasteiger partial charge in [0.25, 0.3) is 0 Å². The van der Waals surface area contributed by atoms with Crippen LogP contribution < -0.4 is 0 Å². The van der Waals surface area contributed by atoms with Crippen LogP contribution in [0.15, 0.2) is 0 Å². The quantitative estimate of drug-likeness (QED) is 0.309. The lowest BCUT2D eigenvalue weighted by Gasteiger charge is -2.19. The summed E-state index contributed by atoms with van der Waals surface area (Å²) in [7, 11) is 0. The summed E-state index contributed by atoms with van der Waals surface area (Å²) in [6.07, 6.45) is 5.72. The molecule has 0 aromatic rings. The van der Waals surface area contributed by atoms with Gasteiger partial charge in [0.15, 0.2) is 0 Å². The van der Waals surface area contributed by atoms with E-state index in [1.807, 2.05) is 5.06 Å². The maximum absolute atomic E-state index is 5.22. The van der Waals surface area contributed by atoms with Crippen molar-refractivity contribution in [1.82, 2.24) is 5.06 Å². The molecule has 0 rings (SSSR count). The molecule has 0 radical (unpaired) electrons. The molecule has 0 aliphatic rings. The zero-order valence-corrected chi connectivity index (χ0v) is 9.92. The summed E-state index contributed by atoms with van der Waals surface area (Å²) in [5, 5.41) is 1.93. The first-order chi connectivity index (χ1) is 6.85. The lowest BCUT2D eigenvalue weighted by molar-refractivity contribution is -0.426. The van der Waals surface area contributed by atoms with Crippen molar-refractivity contribution in [2.24, 2.45) is 0 Å². The van der Waals surface area contributed by atoms with E-state index in [1.54, 1.807) is 0 Å². The van der Waals surface area contributed by atoms with Crippen LogP contribution in [0, 0.1) is 0 Å². The molecule has 0 amide bonds. The minimum Gasteiger partial charge on any atom is -0.218 e. The van der Waals surface area contributed by atoms with E-state index in [-0.39, 0.29) is 0 Å². The number of nitrogens with zero attached hydrogens (tertiary/aromatic N) is 1. The molecule has 3 nitrogen and oxygen atoms in total. The molecule has 0 saturated heterocycles. The van der Waals surface area contributed by atoms with Crippen LogP contribution in [-0.4, -0.2) is 24.8 Å². The Labute approximate surface area is 88.3 Å². The molecule has 0 aliphatic carbocycles. The normalized spacial score (nSPS) is 11.1. The molecule has 0 N–H and O–H groups in total. The fourth-order valence-electron chi connectivity index (χ4n) is 1.05. The fourth-order valence-corrected chi connectivity index (χ4v) is 1.05. The van der Waals surface area contributed by atoms with Gasteiger partial charge in [0.2, 0.25) is 0 Å². The van der Waals surface area contributed by atoms with Gasteiger partial charge in [-0.15, -0.1) is 4.99 Å². The second-order valence-corrected chi connectivity index (χ2v) is 3.53. The topological polar surface area (TPSA) is 21.7 Å². The molecule has 0 bridgehead atoms. The van der Waals surface area contributed by atoms with E-state index in [1.165, 1.54) is 25.7 Å². The highest BCUT2D eigenvalue weighted by Crippen LogP contribution is 2.00. The van der Waals surface area contributed by atoms with E-state index in [0.717, 1.165) is 19.5 Å². The average molecular weight is 203 g/mol. The zero-order valence-electron chi connectivity index (χ0n) is 9.92. The van der Waals surface area contributed by atoms with Gasteiger partial charge < -0.3 is 0 Å². The molecule has 0 aromatic carbocycles. The van der Waals surface area contributed by atoms with Crippen molar-refractivity contribution in [3.05, 3.63) is 0 Å². The summed E-state index contributed by atoms with van der Waals surface area (Å²) >= 11 is 0. The number of hydrogen-bond acceptors (Lipinski definition) is 3. The van der Waals surface area contributed by atoms with Crippen molar-refractivity contribution in [2.45, 2.75) is 52.9 Å². The van der Waals surface area contributed by atoms with E-state index < -0.39 is 0 Å². The first-order valence-corrected chi connectivity index (χ1v) is 5.89. The third-order valence-corrected chi connectivity index (χ3v) is 1.97. The van der Waals surface area contributed by atoms with Crippen molar-refractivity contribution in [2.75, 3.05) is 19.7 Å². The number of rotatable bonds is 10. The Morgan fingerprint density at radius 1 is 0.857 bits per heavy atom. The van der Waals surface area contributed by atoms with Crippen LogP contribution in [0.5, 0.6) is 0 Å². The predicted octanol–water partition coefficient (Wildman–Crippen LogP) is 3.16. The standard InChI is InChI=1S/C11H25NO2/c1-4-7-9-12(10-8-5-2)14-13-11-6-3/h4-11H2,1-3H3. The summed E-state index contributed by atoms with van der Waals surface area (Å²) in [6, 6.07) is 0. The molecule has 86 valence electrons. The molecule has 0 unspecified atom stereocenters. The molecule has 0 saturated carbocycles. The lowest BCUT2D eigenvalue weighted by atomic mass is 10.3. The number of unbranched alkanes of at least 4 members (excludes halogenated alkanes) is 2. The van der Waals surface area contributed by atoms with E-state index in [9.17, 15) is 0 Å². The van der Waals surface area contributed by atoms with Crippen molar-refractivity contribution >= 4 is 0 Å². The smallest absolute Gasteiger partial charge is 0.0839 e. The predicted molar refractivity (Wildman–Crippen MR) is 58.7 cm³/mol. The molecule has 0 aromatic heterocycles. The van der Waals surface area contributed by atoms with Gasteiger partial charge in [-0.2, -0.15) is 5.06 Å².